The maximum absolute atomic E-state index is 12.9. The molecular weight excluding hydrogens is 555 g/mol. The van der Waals surface area contributed by atoms with Gasteiger partial charge in [-0.3, -0.25) is 9.59 Å². The topological polar surface area (TPSA) is 79.5 Å². The van der Waals surface area contributed by atoms with E-state index in [-0.39, 0.29) is 32.6 Å². The summed E-state index contributed by atoms with van der Waals surface area (Å²) in [5.41, 5.74) is 1.17. The molecule has 3 rings (SSSR count). The Morgan fingerprint density at radius 3 is 2.26 bits per heavy atom. The van der Waals surface area contributed by atoms with E-state index < -0.39 is 24.8 Å². The van der Waals surface area contributed by atoms with Crippen LogP contribution in [0.25, 0.3) is 0 Å². The second-order valence-electron chi connectivity index (χ2n) is 6.86. The number of hydrogen-bond donors (Lipinski definition) is 3. The molecule has 0 bridgehead atoms. The molecule has 6 nitrogen and oxygen atoms in total. The van der Waals surface area contributed by atoms with Crippen LogP contribution in [0.2, 0.25) is 10.0 Å². The Hall–Kier alpha value is -2.88. The number of benzene rings is 3. The van der Waals surface area contributed by atoms with Crippen LogP contribution in [0.5, 0.6) is 5.75 Å². The van der Waals surface area contributed by atoms with Crippen LogP contribution >= 0.6 is 39.1 Å². The summed E-state index contributed by atoms with van der Waals surface area (Å²) in [6.45, 7) is -0.897. The summed E-state index contributed by atoms with van der Waals surface area (Å²) in [6, 6.07) is 14.0. The van der Waals surface area contributed by atoms with Crippen molar-refractivity contribution in [3.05, 3.63) is 80.2 Å². The third-order valence-electron chi connectivity index (χ3n) is 4.54. The molecule has 0 spiro atoms. The molecule has 0 atom stereocenters. The van der Waals surface area contributed by atoms with Crippen molar-refractivity contribution in [3.63, 3.8) is 0 Å². The SMILES string of the molecule is CNc1ccc(Cl)c(C(=O)Nc2ccc(OCC(F)F)c(C(=O)Nc3ccc(Br)cc3)c2)c1Cl. The Balaban J connectivity index is 1.91. The van der Waals surface area contributed by atoms with Gasteiger partial charge in [-0.25, -0.2) is 8.78 Å². The summed E-state index contributed by atoms with van der Waals surface area (Å²) >= 11 is 15.8. The van der Waals surface area contributed by atoms with Gasteiger partial charge in [-0.1, -0.05) is 39.1 Å². The van der Waals surface area contributed by atoms with E-state index in [1.54, 1.807) is 37.4 Å². The Kier molecular flexibility index (Phi) is 8.71. The largest absolute Gasteiger partial charge is 0.487 e. The minimum absolute atomic E-state index is 0.0362. The molecule has 0 aliphatic rings. The van der Waals surface area contributed by atoms with Gasteiger partial charge in [0, 0.05) is 22.9 Å². The highest BCUT2D eigenvalue weighted by Crippen LogP contribution is 2.33. The van der Waals surface area contributed by atoms with Gasteiger partial charge in [0.05, 0.1) is 26.9 Å². The maximum atomic E-state index is 12.9. The quantitative estimate of drug-likeness (QED) is 0.273. The van der Waals surface area contributed by atoms with E-state index in [0.29, 0.717) is 11.4 Å². The molecule has 0 saturated heterocycles. The van der Waals surface area contributed by atoms with Crippen LogP contribution in [0, 0.1) is 0 Å². The summed E-state index contributed by atoms with van der Waals surface area (Å²) in [5.74, 6) is -1.30. The van der Waals surface area contributed by atoms with Crippen LogP contribution in [0.4, 0.5) is 25.8 Å². The van der Waals surface area contributed by atoms with Crippen LogP contribution in [0.3, 0.4) is 0 Å². The smallest absolute Gasteiger partial charge is 0.272 e. The van der Waals surface area contributed by atoms with Gasteiger partial charge in [0.2, 0.25) is 0 Å². The molecule has 0 unspecified atom stereocenters. The summed E-state index contributed by atoms with van der Waals surface area (Å²) in [5, 5.41) is 8.41. The summed E-state index contributed by atoms with van der Waals surface area (Å²) in [6.07, 6.45) is -2.73. The molecule has 0 saturated carbocycles. The molecule has 11 heteroatoms. The van der Waals surface area contributed by atoms with Gasteiger partial charge in [-0.05, 0) is 54.6 Å². The third-order valence-corrected chi connectivity index (χ3v) is 5.77. The Labute approximate surface area is 212 Å². The maximum Gasteiger partial charge on any atom is 0.272 e. The van der Waals surface area contributed by atoms with Gasteiger partial charge in [-0.2, -0.15) is 0 Å². The minimum Gasteiger partial charge on any atom is -0.487 e. The number of carbonyl (C=O) groups excluding carboxylic acids is 2. The van der Waals surface area contributed by atoms with Crippen LogP contribution in [0.15, 0.2) is 59.1 Å². The molecule has 3 N–H and O–H groups in total. The normalized spacial score (nSPS) is 10.7. The van der Waals surface area contributed by atoms with Crippen molar-refractivity contribution in [2.45, 2.75) is 6.43 Å². The average molecular weight is 573 g/mol. The lowest BCUT2D eigenvalue weighted by atomic mass is 10.1. The standard InChI is InChI=1S/C23H18BrCl2F2N3O3/c1-29-17-8-7-16(25)20(21(17)26)23(33)31-14-6-9-18(34-11-19(27)28)15(10-14)22(32)30-13-4-2-12(24)3-5-13/h2-10,19,29H,11H2,1H3,(H,30,32)(H,31,33). The van der Waals surface area contributed by atoms with Gasteiger partial charge in [0.25, 0.3) is 18.2 Å². The number of rotatable bonds is 8. The van der Waals surface area contributed by atoms with Gasteiger partial charge < -0.3 is 20.7 Å². The van der Waals surface area contributed by atoms with E-state index in [0.717, 1.165) is 4.47 Å². The highest BCUT2D eigenvalue weighted by molar-refractivity contribution is 9.10. The number of hydrogen-bond acceptors (Lipinski definition) is 4. The molecule has 178 valence electrons. The van der Waals surface area contributed by atoms with Crippen molar-refractivity contribution in [2.75, 3.05) is 29.6 Å². The zero-order valence-electron chi connectivity index (χ0n) is 17.6. The Bertz CT molecular complexity index is 1210. The monoisotopic (exact) mass is 571 g/mol. The van der Waals surface area contributed by atoms with Crippen molar-refractivity contribution in [2.24, 2.45) is 0 Å². The molecule has 2 amide bonds. The summed E-state index contributed by atoms with van der Waals surface area (Å²) < 4.78 is 31.3. The van der Waals surface area contributed by atoms with E-state index >= 15 is 0 Å². The molecule has 34 heavy (non-hydrogen) atoms. The first kappa shape index (κ1) is 25.7. The predicted molar refractivity (Wildman–Crippen MR) is 134 cm³/mol. The highest BCUT2D eigenvalue weighted by atomic mass is 79.9. The fraction of sp³-hybridized carbons (Fsp3) is 0.130. The van der Waals surface area contributed by atoms with Gasteiger partial charge in [0.1, 0.15) is 12.4 Å². The zero-order valence-corrected chi connectivity index (χ0v) is 20.7. The number of amides is 2. The van der Waals surface area contributed by atoms with E-state index in [1.165, 1.54) is 24.3 Å². The highest BCUT2D eigenvalue weighted by Gasteiger charge is 2.20. The van der Waals surface area contributed by atoms with Crippen molar-refractivity contribution in [3.8, 4) is 5.75 Å². The molecule has 0 radical (unpaired) electrons. The first-order chi connectivity index (χ1) is 16.2. The van der Waals surface area contributed by atoms with Crippen LogP contribution in [-0.4, -0.2) is 31.9 Å². The number of carbonyl (C=O) groups is 2. The van der Waals surface area contributed by atoms with E-state index in [1.807, 2.05) is 0 Å². The number of halogens is 5. The molecule has 3 aromatic rings. The van der Waals surface area contributed by atoms with Crippen molar-refractivity contribution < 1.29 is 23.1 Å². The minimum atomic E-state index is -2.73. The lowest BCUT2D eigenvalue weighted by Gasteiger charge is -2.15. The predicted octanol–water partition coefficient (Wildman–Crippen LogP) is 6.95. The first-order valence-electron chi connectivity index (χ1n) is 9.78. The molecule has 0 aliphatic carbocycles. The van der Waals surface area contributed by atoms with Gasteiger partial charge in [0.15, 0.2) is 0 Å². The first-order valence-corrected chi connectivity index (χ1v) is 11.3. The lowest BCUT2D eigenvalue weighted by Crippen LogP contribution is -2.17. The fourth-order valence-electron chi connectivity index (χ4n) is 2.94. The van der Waals surface area contributed by atoms with Gasteiger partial charge in [-0.15, -0.1) is 0 Å². The summed E-state index contributed by atoms with van der Waals surface area (Å²) in [4.78, 5) is 25.8. The fourth-order valence-corrected chi connectivity index (χ4v) is 3.84. The molecule has 3 aromatic carbocycles. The van der Waals surface area contributed by atoms with Crippen molar-refractivity contribution in [1.29, 1.82) is 0 Å². The second kappa shape index (κ2) is 11.5. The number of nitrogens with one attached hydrogen (secondary N) is 3. The van der Waals surface area contributed by atoms with Gasteiger partial charge >= 0.3 is 0 Å². The second-order valence-corrected chi connectivity index (χ2v) is 8.56. The van der Waals surface area contributed by atoms with E-state index in [9.17, 15) is 18.4 Å². The Morgan fingerprint density at radius 2 is 1.62 bits per heavy atom. The number of alkyl halides is 2. The molecule has 0 heterocycles. The zero-order chi connectivity index (χ0) is 24.8. The van der Waals surface area contributed by atoms with Crippen LogP contribution in [-0.2, 0) is 0 Å². The number of ether oxygens (including phenoxy) is 1. The lowest BCUT2D eigenvalue weighted by molar-refractivity contribution is 0.0803. The van der Waals surface area contributed by atoms with Crippen molar-refractivity contribution >= 4 is 68.0 Å². The van der Waals surface area contributed by atoms with Crippen molar-refractivity contribution in [1.82, 2.24) is 0 Å². The van der Waals surface area contributed by atoms with E-state index in [4.69, 9.17) is 27.9 Å². The Morgan fingerprint density at radius 1 is 0.971 bits per heavy atom. The summed E-state index contributed by atoms with van der Waals surface area (Å²) in [7, 11) is 1.64. The van der Waals surface area contributed by atoms with Crippen LogP contribution < -0.4 is 20.7 Å². The third kappa shape index (κ3) is 6.37. The molecule has 0 aromatic heterocycles. The number of anilines is 3. The molecule has 0 fully saturated rings. The average Bonchev–Trinajstić information content (AvgIpc) is 2.79. The van der Waals surface area contributed by atoms with Crippen LogP contribution in [0.1, 0.15) is 20.7 Å². The molecule has 0 aliphatic heterocycles. The van der Waals surface area contributed by atoms with E-state index in [2.05, 4.69) is 31.9 Å². The molecular formula is C23H18BrCl2F2N3O3.